The van der Waals surface area contributed by atoms with Crippen molar-refractivity contribution in [2.75, 3.05) is 37.7 Å². The van der Waals surface area contributed by atoms with Crippen LogP contribution in [-0.4, -0.2) is 42.8 Å². The van der Waals surface area contributed by atoms with Crippen LogP contribution in [0.5, 0.6) is 0 Å². The molecule has 0 amide bonds. The van der Waals surface area contributed by atoms with E-state index in [0.717, 1.165) is 63.1 Å². The fourth-order valence-corrected chi connectivity index (χ4v) is 2.01. The first kappa shape index (κ1) is 13.2. The lowest BCUT2D eigenvalue weighted by Gasteiger charge is -2.27. The third-order valence-corrected chi connectivity index (χ3v) is 2.92. The Morgan fingerprint density at radius 2 is 2.11 bits per heavy atom. The van der Waals surface area contributed by atoms with Crippen LogP contribution in [0.4, 0.5) is 5.95 Å². The maximum Gasteiger partial charge on any atom is 0.225 e. The first-order chi connectivity index (χ1) is 8.79. The molecule has 0 bridgehead atoms. The SMILES string of the molecule is CCCNCc1cc(C)nc(N2CCOCC2)n1. The molecular formula is C13H22N4O. The maximum absolute atomic E-state index is 5.35. The number of aromatic nitrogens is 2. The van der Waals surface area contributed by atoms with E-state index < -0.39 is 0 Å². The summed E-state index contributed by atoms with van der Waals surface area (Å²) in [6, 6.07) is 2.05. The van der Waals surface area contributed by atoms with Gasteiger partial charge in [0, 0.05) is 25.3 Å². The molecule has 1 aromatic rings. The van der Waals surface area contributed by atoms with Gasteiger partial charge in [-0.05, 0) is 26.0 Å². The van der Waals surface area contributed by atoms with Gasteiger partial charge in [0.2, 0.25) is 5.95 Å². The Labute approximate surface area is 109 Å². The summed E-state index contributed by atoms with van der Waals surface area (Å²) in [5, 5.41) is 3.38. The topological polar surface area (TPSA) is 50.3 Å². The van der Waals surface area contributed by atoms with E-state index in [1.54, 1.807) is 0 Å². The van der Waals surface area contributed by atoms with Crippen molar-refractivity contribution in [2.45, 2.75) is 26.8 Å². The van der Waals surface area contributed by atoms with Crippen LogP contribution in [0.25, 0.3) is 0 Å². The van der Waals surface area contributed by atoms with Crippen LogP contribution in [0, 0.1) is 6.92 Å². The van der Waals surface area contributed by atoms with E-state index >= 15 is 0 Å². The van der Waals surface area contributed by atoms with Gasteiger partial charge < -0.3 is 15.0 Å². The van der Waals surface area contributed by atoms with Crippen LogP contribution in [0.15, 0.2) is 6.07 Å². The second kappa shape index (κ2) is 6.66. The summed E-state index contributed by atoms with van der Waals surface area (Å²) < 4.78 is 5.35. The smallest absolute Gasteiger partial charge is 0.225 e. The normalized spacial score (nSPS) is 16.0. The summed E-state index contributed by atoms with van der Waals surface area (Å²) in [4.78, 5) is 11.3. The fourth-order valence-electron chi connectivity index (χ4n) is 2.01. The summed E-state index contributed by atoms with van der Waals surface area (Å²) in [6.45, 7) is 9.31. The van der Waals surface area contributed by atoms with Gasteiger partial charge in [0.25, 0.3) is 0 Å². The summed E-state index contributed by atoms with van der Waals surface area (Å²) in [7, 11) is 0. The van der Waals surface area contributed by atoms with Crippen molar-refractivity contribution in [1.29, 1.82) is 0 Å². The molecule has 2 heterocycles. The van der Waals surface area contributed by atoms with E-state index in [-0.39, 0.29) is 0 Å². The Morgan fingerprint density at radius 3 is 2.83 bits per heavy atom. The Bertz CT molecular complexity index is 377. The quantitative estimate of drug-likeness (QED) is 0.794. The van der Waals surface area contributed by atoms with Crippen LogP contribution in [0.2, 0.25) is 0 Å². The molecule has 0 unspecified atom stereocenters. The minimum atomic E-state index is 0.765. The maximum atomic E-state index is 5.35. The first-order valence-electron chi connectivity index (χ1n) is 6.67. The van der Waals surface area contributed by atoms with Crippen LogP contribution >= 0.6 is 0 Å². The molecule has 1 aliphatic rings. The molecule has 0 aromatic carbocycles. The van der Waals surface area contributed by atoms with Crippen LogP contribution in [0.3, 0.4) is 0 Å². The van der Waals surface area contributed by atoms with Gasteiger partial charge in [-0.15, -0.1) is 0 Å². The van der Waals surface area contributed by atoms with E-state index in [0.29, 0.717) is 0 Å². The molecule has 5 heteroatoms. The number of anilines is 1. The molecule has 5 nitrogen and oxygen atoms in total. The average molecular weight is 250 g/mol. The highest BCUT2D eigenvalue weighted by Gasteiger charge is 2.14. The van der Waals surface area contributed by atoms with Crippen LogP contribution < -0.4 is 10.2 Å². The number of morpholine rings is 1. The molecule has 1 saturated heterocycles. The predicted molar refractivity (Wildman–Crippen MR) is 71.8 cm³/mol. The highest BCUT2D eigenvalue weighted by Crippen LogP contribution is 2.12. The third kappa shape index (κ3) is 3.65. The number of aryl methyl sites for hydroxylation is 1. The van der Waals surface area contributed by atoms with Gasteiger partial charge in [-0.3, -0.25) is 0 Å². The molecule has 1 aliphatic heterocycles. The lowest BCUT2D eigenvalue weighted by atomic mass is 10.3. The lowest BCUT2D eigenvalue weighted by molar-refractivity contribution is 0.122. The van der Waals surface area contributed by atoms with Gasteiger partial charge in [-0.25, -0.2) is 9.97 Å². The Morgan fingerprint density at radius 1 is 1.33 bits per heavy atom. The summed E-state index contributed by atoms with van der Waals surface area (Å²) in [5.74, 6) is 0.839. The Kier molecular flexibility index (Phi) is 4.90. The lowest BCUT2D eigenvalue weighted by Crippen LogP contribution is -2.37. The van der Waals surface area contributed by atoms with Gasteiger partial charge in [0.15, 0.2) is 0 Å². The predicted octanol–water partition coefficient (Wildman–Crippen LogP) is 1.12. The number of hydrogen-bond donors (Lipinski definition) is 1. The van der Waals surface area contributed by atoms with E-state index in [2.05, 4.69) is 27.1 Å². The van der Waals surface area contributed by atoms with Crippen molar-refractivity contribution in [2.24, 2.45) is 0 Å². The molecule has 0 saturated carbocycles. The molecule has 1 N–H and O–H groups in total. The molecule has 0 radical (unpaired) electrons. The summed E-state index contributed by atoms with van der Waals surface area (Å²) >= 11 is 0. The highest BCUT2D eigenvalue weighted by molar-refractivity contribution is 5.32. The molecule has 0 atom stereocenters. The second-order valence-corrected chi connectivity index (χ2v) is 4.58. The highest BCUT2D eigenvalue weighted by atomic mass is 16.5. The summed E-state index contributed by atoms with van der Waals surface area (Å²) in [5.41, 5.74) is 2.09. The third-order valence-electron chi connectivity index (χ3n) is 2.92. The molecule has 1 aromatic heterocycles. The largest absolute Gasteiger partial charge is 0.378 e. The van der Waals surface area contributed by atoms with Gasteiger partial charge in [-0.2, -0.15) is 0 Å². The van der Waals surface area contributed by atoms with Crippen molar-refractivity contribution >= 4 is 5.95 Å². The van der Waals surface area contributed by atoms with Gasteiger partial charge in [-0.1, -0.05) is 6.92 Å². The number of rotatable bonds is 5. The number of ether oxygens (including phenoxy) is 1. The van der Waals surface area contributed by atoms with Crippen molar-refractivity contribution in [3.8, 4) is 0 Å². The van der Waals surface area contributed by atoms with E-state index in [4.69, 9.17) is 4.74 Å². The summed E-state index contributed by atoms with van der Waals surface area (Å²) in [6.07, 6.45) is 1.14. The molecule has 0 aliphatic carbocycles. The van der Waals surface area contributed by atoms with Crippen molar-refractivity contribution < 1.29 is 4.74 Å². The number of nitrogens with one attached hydrogen (secondary N) is 1. The first-order valence-corrected chi connectivity index (χ1v) is 6.67. The molecule has 2 rings (SSSR count). The Balaban J connectivity index is 2.05. The average Bonchev–Trinajstić information content (AvgIpc) is 2.39. The zero-order valence-corrected chi connectivity index (χ0v) is 11.3. The molecule has 0 spiro atoms. The zero-order valence-electron chi connectivity index (χ0n) is 11.3. The fraction of sp³-hybridized carbons (Fsp3) is 0.692. The second-order valence-electron chi connectivity index (χ2n) is 4.58. The van der Waals surface area contributed by atoms with Crippen molar-refractivity contribution in [3.05, 3.63) is 17.5 Å². The number of nitrogens with zero attached hydrogens (tertiary/aromatic N) is 3. The Hall–Kier alpha value is -1.20. The van der Waals surface area contributed by atoms with E-state index in [9.17, 15) is 0 Å². The van der Waals surface area contributed by atoms with Crippen molar-refractivity contribution in [1.82, 2.24) is 15.3 Å². The monoisotopic (exact) mass is 250 g/mol. The zero-order chi connectivity index (χ0) is 12.8. The van der Waals surface area contributed by atoms with Crippen molar-refractivity contribution in [3.63, 3.8) is 0 Å². The number of hydrogen-bond acceptors (Lipinski definition) is 5. The van der Waals surface area contributed by atoms with Crippen LogP contribution in [-0.2, 0) is 11.3 Å². The van der Waals surface area contributed by atoms with Gasteiger partial charge in [0.1, 0.15) is 0 Å². The minimum absolute atomic E-state index is 0.765. The molecule has 1 fully saturated rings. The van der Waals surface area contributed by atoms with Crippen LogP contribution in [0.1, 0.15) is 24.7 Å². The molecule has 18 heavy (non-hydrogen) atoms. The standard InChI is InChI=1S/C13H22N4O/c1-3-4-14-10-12-9-11(2)15-13(16-12)17-5-7-18-8-6-17/h9,14H,3-8,10H2,1-2H3. The molecule has 100 valence electrons. The van der Waals surface area contributed by atoms with Gasteiger partial charge in [0.05, 0.1) is 18.9 Å². The van der Waals surface area contributed by atoms with E-state index in [1.807, 2.05) is 13.0 Å². The molecular weight excluding hydrogens is 228 g/mol. The minimum Gasteiger partial charge on any atom is -0.378 e. The van der Waals surface area contributed by atoms with Gasteiger partial charge >= 0.3 is 0 Å². The van der Waals surface area contributed by atoms with E-state index in [1.165, 1.54) is 0 Å².